The zero-order chi connectivity index (χ0) is 17.5. The Morgan fingerprint density at radius 1 is 1.40 bits per heavy atom. The number of nitrogens with zero attached hydrogens (tertiary/aromatic N) is 2. The van der Waals surface area contributed by atoms with E-state index in [0.29, 0.717) is 12.5 Å². The fourth-order valence-electron chi connectivity index (χ4n) is 2.46. The minimum atomic E-state index is -0.350. The molecule has 7 heteroatoms. The first-order valence-electron chi connectivity index (χ1n) is 7.81. The van der Waals surface area contributed by atoms with Crippen LogP contribution in [0, 0.1) is 5.82 Å². The minimum absolute atomic E-state index is 0. The molecule has 0 amide bonds. The second-order valence-electron chi connectivity index (χ2n) is 5.71. The van der Waals surface area contributed by atoms with Crippen LogP contribution in [0.3, 0.4) is 0 Å². The summed E-state index contributed by atoms with van der Waals surface area (Å²) < 4.78 is 18.8. The summed E-state index contributed by atoms with van der Waals surface area (Å²) in [5.74, 6) is 1.10. The van der Waals surface area contributed by atoms with Gasteiger partial charge in [0.2, 0.25) is 0 Å². The third-order valence-corrected chi connectivity index (χ3v) is 4.59. The van der Waals surface area contributed by atoms with Crippen molar-refractivity contribution >= 4 is 41.3 Å². The van der Waals surface area contributed by atoms with Gasteiger partial charge in [0.25, 0.3) is 0 Å². The first kappa shape index (κ1) is 21.7. The van der Waals surface area contributed by atoms with Crippen LogP contribution in [0.2, 0.25) is 0 Å². The van der Waals surface area contributed by atoms with Crippen LogP contribution >= 0.6 is 35.3 Å². The van der Waals surface area contributed by atoms with E-state index in [0.717, 1.165) is 18.1 Å². The van der Waals surface area contributed by atoms with Crippen LogP contribution in [0.15, 0.2) is 40.0 Å². The molecule has 138 valence electrons. The average Bonchev–Trinajstić information content (AvgIpc) is 3.10. The van der Waals surface area contributed by atoms with E-state index in [-0.39, 0.29) is 35.5 Å². The van der Waals surface area contributed by atoms with E-state index in [1.54, 1.807) is 24.5 Å². The molecule has 1 aromatic heterocycles. The molecule has 2 aromatic rings. The summed E-state index contributed by atoms with van der Waals surface area (Å²) in [7, 11) is 5.15. The van der Waals surface area contributed by atoms with Gasteiger partial charge in [-0.05, 0) is 46.0 Å². The van der Waals surface area contributed by atoms with Gasteiger partial charge in [-0.1, -0.05) is 13.0 Å². The number of nitrogens with one attached hydrogen (secondary N) is 1. The van der Waals surface area contributed by atoms with Gasteiger partial charge in [0.1, 0.15) is 0 Å². The smallest absolute Gasteiger partial charge is 0.193 e. The lowest BCUT2D eigenvalue weighted by Gasteiger charge is -2.23. The molecule has 1 aromatic carbocycles. The van der Waals surface area contributed by atoms with Gasteiger partial charge in [0.15, 0.2) is 17.5 Å². The number of hydrogen-bond acceptors (Lipinski definition) is 3. The molecule has 1 heterocycles. The van der Waals surface area contributed by atoms with Crippen LogP contribution in [-0.4, -0.2) is 38.6 Å². The van der Waals surface area contributed by atoms with Crippen molar-refractivity contribution in [2.75, 3.05) is 27.7 Å². The third kappa shape index (κ3) is 6.14. The summed E-state index contributed by atoms with van der Waals surface area (Å²) in [6.07, 6.45) is 0. The number of benzene rings is 1. The standard InChI is InChI=1S/C18H24FN3OS.HI/c1-13(15-7-8-24-12-15)10-21-18(20-2)22(3)11-14-5-6-17(23-4)16(19)9-14;/h5-9,12-13H,10-11H2,1-4H3,(H,20,21);1H. The number of guanidine groups is 1. The second-order valence-corrected chi connectivity index (χ2v) is 6.49. The molecule has 0 saturated heterocycles. The van der Waals surface area contributed by atoms with Crippen molar-refractivity contribution in [1.82, 2.24) is 10.2 Å². The van der Waals surface area contributed by atoms with Gasteiger partial charge in [0.05, 0.1) is 7.11 Å². The van der Waals surface area contributed by atoms with Crippen molar-refractivity contribution in [2.45, 2.75) is 19.4 Å². The average molecular weight is 477 g/mol. The lowest BCUT2D eigenvalue weighted by atomic mass is 10.1. The van der Waals surface area contributed by atoms with Crippen LogP contribution in [0.25, 0.3) is 0 Å². The Bertz CT molecular complexity index is 679. The molecular formula is C18H25FIN3OS. The van der Waals surface area contributed by atoms with E-state index < -0.39 is 0 Å². The molecule has 1 N–H and O–H groups in total. The highest BCUT2D eigenvalue weighted by Crippen LogP contribution is 2.19. The normalized spacial score (nSPS) is 12.3. The number of aliphatic imine (C=N–C) groups is 1. The molecule has 4 nitrogen and oxygen atoms in total. The fraction of sp³-hybridized carbons (Fsp3) is 0.389. The van der Waals surface area contributed by atoms with Gasteiger partial charge >= 0.3 is 0 Å². The predicted octanol–water partition coefficient (Wildman–Crippen LogP) is 4.32. The maximum Gasteiger partial charge on any atom is 0.193 e. The Labute approximate surface area is 170 Å². The molecule has 25 heavy (non-hydrogen) atoms. The van der Waals surface area contributed by atoms with E-state index >= 15 is 0 Å². The van der Waals surface area contributed by atoms with Crippen molar-refractivity contribution in [1.29, 1.82) is 0 Å². The molecule has 0 aliphatic rings. The minimum Gasteiger partial charge on any atom is -0.494 e. The second kappa shape index (κ2) is 10.6. The summed E-state index contributed by atoms with van der Waals surface area (Å²) in [4.78, 5) is 6.28. The molecule has 1 atom stereocenters. The molecule has 1 unspecified atom stereocenters. The van der Waals surface area contributed by atoms with Crippen molar-refractivity contribution in [2.24, 2.45) is 4.99 Å². The molecule has 0 aliphatic heterocycles. The number of thiophene rings is 1. The molecule has 2 rings (SSSR count). The largest absolute Gasteiger partial charge is 0.494 e. The topological polar surface area (TPSA) is 36.9 Å². The molecule has 0 saturated carbocycles. The third-order valence-electron chi connectivity index (χ3n) is 3.89. The van der Waals surface area contributed by atoms with Gasteiger partial charge < -0.3 is 15.0 Å². The van der Waals surface area contributed by atoms with E-state index in [1.807, 2.05) is 18.0 Å². The SMILES string of the molecule is CN=C(NCC(C)c1ccsc1)N(C)Cc1ccc(OC)c(F)c1.I. The van der Waals surface area contributed by atoms with Crippen molar-refractivity contribution in [3.63, 3.8) is 0 Å². The Morgan fingerprint density at radius 2 is 2.16 bits per heavy atom. The van der Waals surface area contributed by atoms with Crippen LogP contribution in [0.1, 0.15) is 24.0 Å². The molecule has 0 spiro atoms. The number of halogens is 2. The quantitative estimate of drug-likeness (QED) is 0.383. The van der Waals surface area contributed by atoms with Gasteiger partial charge in [-0.2, -0.15) is 11.3 Å². The highest BCUT2D eigenvalue weighted by atomic mass is 127. The fourth-order valence-corrected chi connectivity index (χ4v) is 3.24. The molecule has 0 bridgehead atoms. The first-order chi connectivity index (χ1) is 11.5. The van der Waals surface area contributed by atoms with Crippen LogP contribution in [-0.2, 0) is 6.54 Å². The van der Waals surface area contributed by atoms with Crippen LogP contribution in [0.5, 0.6) is 5.75 Å². The molecule has 0 radical (unpaired) electrons. The maximum absolute atomic E-state index is 13.8. The van der Waals surface area contributed by atoms with E-state index in [9.17, 15) is 4.39 Å². The zero-order valence-electron chi connectivity index (χ0n) is 15.0. The number of hydrogen-bond donors (Lipinski definition) is 1. The zero-order valence-corrected chi connectivity index (χ0v) is 18.1. The molecule has 0 fully saturated rings. The van der Waals surface area contributed by atoms with E-state index in [4.69, 9.17) is 4.74 Å². The lowest BCUT2D eigenvalue weighted by molar-refractivity contribution is 0.385. The molecular weight excluding hydrogens is 452 g/mol. The van der Waals surface area contributed by atoms with Crippen molar-refractivity contribution in [3.8, 4) is 5.75 Å². The van der Waals surface area contributed by atoms with Gasteiger partial charge in [-0.15, -0.1) is 24.0 Å². The summed E-state index contributed by atoms with van der Waals surface area (Å²) in [6.45, 7) is 3.54. The highest BCUT2D eigenvalue weighted by Gasteiger charge is 2.11. The number of ether oxygens (including phenoxy) is 1. The Hall–Kier alpha value is -1.35. The number of methoxy groups -OCH3 is 1. The maximum atomic E-state index is 13.8. The number of rotatable bonds is 6. The monoisotopic (exact) mass is 477 g/mol. The Morgan fingerprint density at radius 3 is 2.72 bits per heavy atom. The van der Waals surface area contributed by atoms with E-state index in [1.165, 1.54) is 18.7 Å². The summed E-state index contributed by atoms with van der Waals surface area (Å²) in [5.41, 5.74) is 2.19. The van der Waals surface area contributed by atoms with E-state index in [2.05, 4.69) is 34.1 Å². The Balaban J connectivity index is 0.00000312. The van der Waals surface area contributed by atoms with Crippen LogP contribution < -0.4 is 10.1 Å². The molecule has 0 aliphatic carbocycles. The van der Waals surface area contributed by atoms with Gasteiger partial charge in [-0.25, -0.2) is 4.39 Å². The lowest BCUT2D eigenvalue weighted by Crippen LogP contribution is -2.40. The summed E-state index contributed by atoms with van der Waals surface area (Å²) in [5, 5.41) is 7.63. The summed E-state index contributed by atoms with van der Waals surface area (Å²) in [6, 6.07) is 7.15. The predicted molar refractivity (Wildman–Crippen MR) is 114 cm³/mol. The van der Waals surface area contributed by atoms with Gasteiger partial charge in [-0.3, -0.25) is 4.99 Å². The Kier molecular flexibility index (Phi) is 9.20. The van der Waals surface area contributed by atoms with Crippen molar-refractivity contribution < 1.29 is 9.13 Å². The van der Waals surface area contributed by atoms with Crippen LogP contribution in [0.4, 0.5) is 4.39 Å². The van der Waals surface area contributed by atoms with Gasteiger partial charge in [0, 0.05) is 27.2 Å². The highest BCUT2D eigenvalue weighted by molar-refractivity contribution is 14.0. The summed E-state index contributed by atoms with van der Waals surface area (Å²) >= 11 is 1.71. The van der Waals surface area contributed by atoms with Crippen molar-refractivity contribution in [3.05, 3.63) is 52.0 Å². The first-order valence-corrected chi connectivity index (χ1v) is 8.75.